The number of nitrogens with zero attached hydrogens (tertiary/aromatic N) is 2. The molecule has 6 nitrogen and oxygen atoms in total. The number of ether oxygens (including phenoxy) is 1. The van der Waals surface area contributed by atoms with Crippen molar-refractivity contribution in [3.05, 3.63) is 36.5 Å². The number of aromatic nitrogens is 2. The summed E-state index contributed by atoms with van der Waals surface area (Å²) in [5.74, 6) is 0.558. The van der Waals surface area contributed by atoms with Crippen LogP contribution in [0.3, 0.4) is 0 Å². The van der Waals surface area contributed by atoms with E-state index >= 15 is 0 Å². The molecular weight excluding hydrogens is 348 g/mol. The van der Waals surface area contributed by atoms with Crippen LogP contribution in [0.4, 0.5) is 5.69 Å². The molecule has 0 amide bonds. The lowest BCUT2D eigenvalue weighted by Gasteiger charge is -2.22. The van der Waals surface area contributed by atoms with E-state index in [9.17, 15) is 4.21 Å². The first-order valence-corrected chi connectivity index (χ1v) is 10.6. The molecule has 1 aliphatic rings. The normalized spacial score (nSPS) is 16.8. The second kappa shape index (κ2) is 6.32. The van der Waals surface area contributed by atoms with Crippen molar-refractivity contribution in [2.24, 2.45) is 0 Å². The van der Waals surface area contributed by atoms with E-state index in [1.54, 1.807) is 13.3 Å². The summed E-state index contributed by atoms with van der Waals surface area (Å²) in [5, 5.41) is 0.988. The Bertz CT molecular complexity index is 1070. The number of benzene rings is 1. The molecule has 136 valence electrons. The maximum absolute atomic E-state index is 12.3. The maximum atomic E-state index is 12.3. The van der Waals surface area contributed by atoms with Gasteiger partial charge in [-0.25, -0.2) is 14.0 Å². The minimum atomic E-state index is -2.78. The van der Waals surface area contributed by atoms with Crippen molar-refractivity contribution in [1.29, 1.82) is 4.78 Å². The largest absolute Gasteiger partial charge is 0.481 e. The van der Waals surface area contributed by atoms with Crippen LogP contribution >= 0.6 is 0 Å². The average Bonchev–Trinajstić information content (AvgIpc) is 3.29. The molecule has 3 heterocycles. The highest BCUT2D eigenvalue weighted by Gasteiger charge is 2.19. The van der Waals surface area contributed by atoms with Gasteiger partial charge in [-0.1, -0.05) is 0 Å². The summed E-state index contributed by atoms with van der Waals surface area (Å²) in [6, 6.07) is 9.61. The van der Waals surface area contributed by atoms with Gasteiger partial charge in [-0.15, -0.1) is 0 Å². The smallest absolute Gasteiger partial charge is 0.215 e. The Morgan fingerprint density at radius 3 is 2.69 bits per heavy atom. The Kier molecular flexibility index (Phi) is 4.11. The highest BCUT2D eigenvalue weighted by atomic mass is 32.2. The molecule has 0 aliphatic carbocycles. The van der Waals surface area contributed by atoms with Gasteiger partial charge < -0.3 is 14.6 Å². The van der Waals surface area contributed by atoms with Crippen molar-refractivity contribution >= 4 is 26.3 Å². The maximum Gasteiger partial charge on any atom is 0.215 e. The molecule has 7 heteroatoms. The molecule has 1 fully saturated rings. The number of H-pyrrole nitrogens is 1. The van der Waals surface area contributed by atoms with Gasteiger partial charge in [0.2, 0.25) is 5.88 Å². The summed E-state index contributed by atoms with van der Waals surface area (Å²) >= 11 is 0. The van der Waals surface area contributed by atoms with E-state index in [1.807, 2.05) is 30.3 Å². The fourth-order valence-electron chi connectivity index (χ4n) is 3.47. The third-order valence-corrected chi connectivity index (χ3v) is 6.00. The van der Waals surface area contributed by atoms with Gasteiger partial charge in [0.15, 0.2) is 0 Å². The van der Waals surface area contributed by atoms with E-state index in [0.717, 1.165) is 40.9 Å². The molecule has 2 aromatic heterocycles. The molecule has 26 heavy (non-hydrogen) atoms. The van der Waals surface area contributed by atoms with Gasteiger partial charge in [0, 0.05) is 58.8 Å². The highest BCUT2D eigenvalue weighted by Crippen LogP contribution is 2.36. The fraction of sp³-hybridized carbons (Fsp3) is 0.316. The Hall–Kier alpha value is -2.54. The van der Waals surface area contributed by atoms with Gasteiger partial charge in [-0.05, 0) is 37.1 Å². The van der Waals surface area contributed by atoms with E-state index in [1.165, 1.54) is 19.1 Å². The molecule has 0 spiro atoms. The zero-order valence-electron chi connectivity index (χ0n) is 14.9. The van der Waals surface area contributed by atoms with Crippen molar-refractivity contribution < 1.29 is 8.95 Å². The van der Waals surface area contributed by atoms with Gasteiger partial charge in [0.25, 0.3) is 0 Å². The standard InChI is InChI=1S/C19H22N4O2S/c1-25-19-11-16-13(12-21-19)9-17(22-16)15-10-14(26(2,20)24)5-6-18(15)23-7-3-4-8-23/h5-6,9-12,20,22H,3-4,7-8H2,1-2H3. The van der Waals surface area contributed by atoms with Gasteiger partial charge in [-0.2, -0.15) is 0 Å². The first-order valence-electron chi connectivity index (χ1n) is 8.61. The zero-order valence-corrected chi connectivity index (χ0v) is 15.7. The molecular formula is C19H22N4O2S. The number of aromatic amines is 1. The van der Waals surface area contributed by atoms with Crippen LogP contribution in [0.1, 0.15) is 12.8 Å². The molecule has 0 saturated carbocycles. The minimum Gasteiger partial charge on any atom is -0.481 e. The molecule has 1 atom stereocenters. The van der Waals surface area contributed by atoms with Crippen LogP contribution in [0.15, 0.2) is 41.4 Å². The van der Waals surface area contributed by atoms with Crippen LogP contribution in [0.2, 0.25) is 0 Å². The number of fused-ring (bicyclic) bond motifs is 1. The second-order valence-corrected chi connectivity index (χ2v) is 8.87. The van der Waals surface area contributed by atoms with Crippen LogP contribution in [-0.4, -0.2) is 40.6 Å². The Morgan fingerprint density at radius 1 is 1.23 bits per heavy atom. The van der Waals surface area contributed by atoms with Crippen LogP contribution in [0.25, 0.3) is 22.2 Å². The summed E-state index contributed by atoms with van der Waals surface area (Å²) in [5.41, 5.74) is 3.96. The highest BCUT2D eigenvalue weighted by molar-refractivity contribution is 7.91. The second-order valence-electron chi connectivity index (χ2n) is 6.71. The summed E-state index contributed by atoms with van der Waals surface area (Å²) < 4.78 is 25.4. The third kappa shape index (κ3) is 3.03. The number of nitrogens with one attached hydrogen (secondary N) is 2. The molecule has 1 unspecified atom stereocenters. The minimum absolute atomic E-state index is 0.546. The predicted octanol–water partition coefficient (Wildman–Crippen LogP) is 3.87. The summed E-state index contributed by atoms with van der Waals surface area (Å²) in [7, 11) is -1.18. The number of anilines is 1. The Morgan fingerprint density at radius 2 is 2.00 bits per heavy atom. The van der Waals surface area contributed by atoms with Crippen LogP contribution < -0.4 is 9.64 Å². The van der Waals surface area contributed by atoms with Crippen LogP contribution in [0, 0.1) is 4.78 Å². The van der Waals surface area contributed by atoms with Gasteiger partial charge in [-0.3, -0.25) is 0 Å². The van der Waals surface area contributed by atoms with Crippen molar-refractivity contribution in [2.45, 2.75) is 17.7 Å². The number of pyridine rings is 1. The van der Waals surface area contributed by atoms with E-state index in [2.05, 4.69) is 14.9 Å². The van der Waals surface area contributed by atoms with Gasteiger partial charge in [0.05, 0.1) is 22.4 Å². The zero-order chi connectivity index (χ0) is 18.3. The SMILES string of the molecule is COc1cc2[nH]c(-c3cc(S(C)(=N)=O)ccc3N3CCCC3)cc2cn1. The van der Waals surface area contributed by atoms with Crippen molar-refractivity contribution in [2.75, 3.05) is 31.4 Å². The lowest BCUT2D eigenvalue weighted by Crippen LogP contribution is -2.18. The van der Waals surface area contributed by atoms with E-state index < -0.39 is 9.73 Å². The number of hydrogen-bond donors (Lipinski definition) is 2. The summed E-state index contributed by atoms with van der Waals surface area (Å²) in [6.07, 6.45) is 5.60. The summed E-state index contributed by atoms with van der Waals surface area (Å²) in [4.78, 5) is 10.6. The molecule has 3 aromatic rings. The average molecular weight is 370 g/mol. The Balaban J connectivity index is 1.90. The van der Waals surface area contributed by atoms with Gasteiger partial charge >= 0.3 is 0 Å². The molecule has 2 N–H and O–H groups in total. The monoisotopic (exact) mass is 370 g/mol. The molecule has 1 aromatic carbocycles. The third-order valence-electron chi connectivity index (χ3n) is 4.84. The molecule has 0 bridgehead atoms. The quantitative estimate of drug-likeness (QED) is 0.730. The van der Waals surface area contributed by atoms with E-state index in [0.29, 0.717) is 10.8 Å². The summed E-state index contributed by atoms with van der Waals surface area (Å²) in [6.45, 7) is 2.04. The number of rotatable bonds is 4. The van der Waals surface area contributed by atoms with Crippen molar-refractivity contribution in [3.63, 3.8) is 0 Å². The molecule has 4 rings (SSSR count). The first kappa shape index (κ1) is 16.9. The Labute approximate surface area is 153 Å². The van der Waals surface area contributed by atoms with Crippen molar-refractivity contribution in [3.8, 4) is 17.1 Å². The lowest BCUT2D eigenvalue weighted by atomic mass is 10.1. The molecule has 1 saturated heterocycles. The number of hydrogen-bond acceptors (Lipinski definition) is 5. The topological polar surface area (TPSA) is 82.1 Å². The van der Waals surface area contributed by atoms with E-state index in [4.69, 9.17) is 9.52 Å². The fourth-order valence-corrected chi connectivity index (χ4v) is 4.14. The molecule has 1 aliphatic heterocycles. The van der Waals surface area contributed by atoms with Gasteiger partial charge in [0.1, 0.15) is 0 Å². The predicted molar refractivity (Wildman–Crippen MR) is 105 cm³/mol. The first-order chi connectivity index (χ1) is 12.5. The van der Waals surface area contributed by atoms with E-state index in [-0.39, 0.29) is 0 Å². The van der Waals surface area contributed by atoms with Crippen LogP contribution in [-0.2, 0) is 9.73 Å². The molecule has 0 radical (unpaired) electrons. The lowest BCUT2D eigenvalue weighted by molar-refractivity contribution is 0.398. The number of methoxy groups -OCH3 is 1. The van der Waals surface area contributed by atoms with Crippen molar-refractivity contribution in [1.82, 2.24) is 9.97 Å². The van der Waals surface area contributed by atoms with Crippen LogP contribution in [0.5, 0.6) is 5.88 Å².